The quantitative estimate of drug-likeness (QED) is 0.543. The van der Waals surface area contributed by atoms with E-state index < -0.39 is 18.0 Å². The van der Waals surface area contributed by atoms with Crippen LogP contribution in [0, 0.1) is 6.92 Å². The van der Waals surface area contributed by atoms with Crippen molar-refractivity contribution in [2.75, 3.05) is 13.6 Å². The molecule has 0 aliphatic carbocycles. The van der Waals surface area contributed by atoms with E-state index in [-0.39, 0.29) is 18.3 Å². The van der Waals surface area contributed by atoms with Gasteiger partial charge in [0, 0.05) is 25.0 Å². The van der Waals surface area contributed by atoms with Crippen molar-refractivity contribution in [1.29, 1.82) is 0 Å². The fourth-order valence-electron chi connectivity index (χ4n) is 3.11. The number of halogens is 3. The highest BCUT2D eigenvalue weighted by Crippen LogP contribution is 2.28. The number of rotatable bonds is 7. The molecule has 2 heterocycles. The number of ether oxygens (including phenoxy) is 1. The molecule has 3 aromatic rings. The second-order valence-corrected chi connectivity index (χ2v) is 7.14. The molecule has 1 amide bonds. The summed E-state index contributed by atoms with van der Waals surface area (Å²) < 4.78 is 43.6. The lowest BCUT2D eigenvalue weighted by Crippen LogP contribution is -2.37. The van der Waals surface area contributed by atoms with E-state index in [9.17, 15) is 18.0 Å². The molecule has 0 saturated carbocycles. The maximum Gasteiger partial charge on any atom is 0.434 e. The van der Waals surface area contributed by atoms with Crippen molar-refractivity contribution in [2.24, 2.45) is 0 Å². The van der Waals surface area contributed by atoms with Crippen LogP contribution in [-0.2, 0) is 6.18 Å². The second kappa shape index (κ2) is 9.71. The zero-order valence-electron chi connectivity index (χ0n) is 17.8. The first-order chi connectivity index (χ1) is 15.2. The summed E-state index contributed by atoms with van der Waals surface area (Å²) in [6.07, 6.45) is 0.210. The van der Waals surface area contributed by atoms with Crippen molar-refractivity contribution in [1.82, 2.24) is 24.8 Å². The third-order valence-electron chi connectivity index (χ3n) is 4.78. The van der Waals surface area contributed by atoms with Gasteiger partial charge in [-0.1, -0.05) is 19.1 Å². The molecule has 0 radical (unpaired) electrons. The van der Waals surface area contributed by atoms with Crippen LogP contribution in [0.5, 0.6) is 5.88 Å². The summed E-state index contributed by atoms with van der Waals surface area (Å²) in [4.78, 5) is 30.3. The number of nitrogens with zero attached hydrogens (tertiary/aromatic N) is 5. The SMILES string of the molecule is CC[C@H](CN(C)C(=O)c1cccc(C)c1-c1ncccn1)Oc1cnc(C(F)(F)F)cn1. The zero-order chi connectivity index (χ0) is 23.3. The van der Waals surface area contributed by atoms with Crippen LogP contribution in [0.3, 0.4) is 0 Å². The number of carbonyl (C=O) groups is 1. The lowest BCUT2D eigenvalue weighted by Gasteiger charge is -2.25. The van der Waals surface area contributed by atoms with E-state index in [0.717, 1.165) is 11.8 Å². The molecule has 7 nitrogen and oxygen atoms in total. The number of aromatic nitrogens is 4. The number of hydrogen-bond donors (Lipinski definition) is 0. The van der Waals surface area contributed by atoms with Crippen molar-refractivity contribution in [2.45, 2.75) is 32.5 Å². The fourth-order valence-corrected chi connectivity index (χ4v) is 3.11. The summed E-state index contributed by atoms with van der Waals surface area (Å²) in [5, 5.41) is 0. The molecule has 0 spiro atoms. The monoisotopic (exact) mass is 445 g/mol. The molecule has 168 valence electrons. The minimum absolute atomic E-state index is 0.0420. The Labute approximate surface area is 183 Å². The van der Waals surface area contributed by atoms with Gasteiger partial charge in [0.2, 0.25) is 5.88 Å². The maximum absolute atomic E-state index is 13.2. The van der Waals surface area contributed by atoms with Gasteiger partial charge in [0.15, 0.2) is 11.5 Å². The topological polar surface area (TPSA) is 81.1 Å². The first kappa shape index (κ1) is 23.1. The van der Waals surface area contributed by atoms with Crippen LogP contribution in [0.2, 0.25) is 0 Å². The van der Waals surface area contributed by atoms with Crippen molar-refractivity contribution in [3.63, 3.8) is 0 Å². The smallest absolute Gasteiger partial charge is 0.434 e. The molecule has 0 bridgehead atoms. The molecule has 0 unspecified atom stereocenters. The minimum atomic E-state index is -4.57. The Balaban J connectivity index is 1.76. The molecule has 2 aromatic heterocycles. The Kier molecular flexibility index (Phi) is 7.01. The number of likely N-dealkylation sites (N-methyl/N-ethyl adjacent to an activating group) is 1. The van der Waals surface area contributed by atoms with Gasteiger partial charge in [-0.05, 0) is 31.0 Å². The van der Waals surface area contributed by atoms with Gasteiger partial charge in [-0.3, -0.25) is 4.79 Å². The molecule has 0 fully saturated rings. The molecule has 3 rings (SSSR count). The van der Waals surface area contributed by atoms with Crippen LogP contribution in [0.4, 0.5) is 13.2 Å². The largest absolute Gasteiger partial charge is 0.471 e. The van der Waals surface area contributed by atoms with Crippen LogP contribution in [0.25, 0.3) is 11.4 Å². The lowest BCUT2D eigenvalue weighted by atomic mass is 10.00. The van der Waals surface area contributed by atoms with Gasteiger partial charge in [0.25, 0.3) is 5.91 Å². The van der Waals surface area contributed by atoms with Crippen LogP contribution >= 0.6 is 0 Å². The highest BCUT2D eigenvalue weighted by molar-refractivity contribution is 6.00. The molecule has 32 heavy (non-hydrogen) atoms. The average molecular weight is 445 g/mol. The molecule has 0 aliphatic heterocycles. The van der Waals surface area contributed by atoms with Gasteiger partial charge < -0.3 is 9.64 Å². The Hall–Kier alpha value is -3.56. The summed E-state index contributed by atoms with van der Waals surface area (Å²) >= 11 is 0. The number of benzene rings is 1. The molecular weight excluding hydrogens is 423 g/mol. The van der Waals surface area contributed by atoms with E-state index in [1.54, 1.807) is 37.6 Å². The van der Waals surface area contributed by atoms with Crippen LogP contribution < -0.4 is 4.74 Å². The number of amides is 1. The van der Waals surface area contributed by atoms with Gasteiger partial charge in [-0.15, -0.1) is 0 Å². The highest BCUT2D eigenvalue weighted by atomic mass is 19.4. The first-order valence-corrected chi connectivity index (χ1v) is 9.89. The molecule has 0 saturated heterocycles. The van der Waals surface area contributed by atoms with Gasteiger partial charge in [-0.25, -0.2) is 19.9 Å². The number of carbonyl (C=O) groups excluding carboxylic acids is 1. The maximum atomic E-state index is 13.2. The van der Waals surface area contributed by atoms with E-state index in [0.29, 0.717) is 29.6 Å². The third-order valence-corrected chi connectivity index (χ3v) is 4.78. The van der Waals surface area contributed by atoms with E-state index in [1.807, 2.05) is 19.9 Å². The Morgan fingerprint density at radius 2 is 1.81 bits per heavy atom. The summed E-state index contributed by atoms with van der Waals surface area (Å²) in [6, 6.07) is 7.07. The van der Waals surface area contributed by atoms with E-state index in [1.165, 1.54) is 4.90 Å². The molecule has 1 atom stereocenters. The van der Waals surface area contributed by atoms with E-state index in [2.05, 4.69) is 19.9 Å². The minimum Gasteiger partial charge on any atom is -0.471 e. The highest BCUT2D eigenvalue weighted by Gasteiger charge is 2.33. The molecule has 0 aliphatic rings. The summed E-state index contributed by atoms with van der Waals surface area (Å²) in [7, 11) is 1.63. The predicted octanol–water partition coefficient (Wildman–Crippen LogP) is 4.19. The summed E-state index contributed by atoms with van der Waals surface area (Å²) in [5.41, 5.74) is 0.856. The van der Waals surface area contributed by atoms with Gasteiger partial charge in [0.05, 0.1) is 24.5 Å². The van der Waals surface area contributed by atoms with Crippen LogP contribution in [0.15, 0.2) is 49.1 Å². The Bertz CT molecular complexity index is 1060. The number of hydrogen-bond acceptors (Lipinski definition) is 6. The van der Waals surface area contributed by atoms with Gasteiger partial charge >= 0.3 is 6.18 Å². The van der Waals surface area contributed by atoms with Gasteiger partial charge in [-0.2, -0.15) is 13.2 Å². The van der Waals surface area contributed by atoms with Crippen LogP contribution in [-0.4, -0.2) is 50.4 Å². The van der Waals surface area contributed by atoms with Crippen molar-refractivity contribution in [3.8, 4) is 17.3 Å². The Morgan fingerprint density at radius 1 is 1.09 bits per heavy atom. The summed E-state index contributed by atoms with van der Waals surface area (Å²) in [5.74, 6) is 0.155. The molecule has 1 aromatic carbocycles. The van der Waals surface area contributed by atoms with Crippen LogP contribution in [0.1, 0.15) is 35.0 Å². The normalized spacial score (nSPS) is 12.3. The molecule has 0 N–H and O–H groups in total. The average Bonchev–Trinajstić information content (AvgIpc) is 2.78. The van der Waals surface area contributed by atoms with Crippen molar-refractivity contribution >= 4 is 5.91 Å². The fraction of sp³-hybridized carbons (Fsp3) is 0.318. The van der Waals surface area contributed by atoms with Crippen molar-refractivity contribution in [3.05, 3.63) is 65.9 Å². The number of alkyl halides is 3. The third kappa shape index (κ3) is 5.37. The standard InChI is InChI=1S/C22H22F3N5O2/c1-4-15(32-18-12-28-17(11-29-18)22(23,24)25)13-30(3)21(31)16-8-5-7-14(2)19(16)20-26-9-6-10-27-20/h5-12,15H,4,13H2,1-3H3/t15-/m1/s1. The first-order valence-electron chi connectivity index (χ1n) is 9.89. The van der Waals surface area contributed by atoms with Crippen molar-refractivity contribution < 1.29 is 22.7 Å². The van der Waals surface area contributed by atoms with Gasteiger partial charge in [0.1, 0.15) is 6.10 Å². The number of aryl methyl sites for hydroxylation is 1. The molecular formula is C22H22F3N5O2. The summed E-state index contributed by atoms with van der Waals surface area (Å²) in [6.45, 7) is 3.92. The van der Waals surface area contributed by atoms with E-state index in [4.69, 9.17) is 4.74 Å². The predicted molar refractivity (Wildman–Crippen MR) is 111 cm³/mol. The lowest BCUT2D eigenvalue weighted by molar-refractivity contribution is -0.141. The zero-order valence-corrected chi connectivity index (χ0v) is 17.8. The second-order valence-electron chi connectivity index (χ2n) is 7.14. The molecule has 10 heteroatoms. The van der Waals surface area contributed by atoms with E-state index >= 15 is 0 Å². The Morgan fingerprint density at radius 3 is 2.41 bits per heavy atom.